The first-order valence-electron chi connectivity index (χ1n) is 13.4. The molecule has 44 heavy (non-hydrogen) atoms. The van der Waals surface area contributed by atoms with Crippen molar-refractivity contribution in [1.82, 2.24) is 33.7 Å². The quantitative estimate of drug-likeness (QED) is 0.269. The molecule has 0 saturated carbocycles. The molecule has 0 spiro atoms. The summed E-state index contributed by atoms with van der Waals surface area (Å²) < 4.78 is 59.7. The second-order valence-corrected chi connectivity index (χ2v) is 11.4. The topological polar surface area (TPSA) is 110 Å². The molecule has 2 aromatic carbocycles. The first kappa shape index (κ1) is 27.6. The second kappa shape index (κ2) is 11.1. The molecule has 7 rings (SSSR count). The summed E-state index contributed by atoms with van der Waals surface area (Å²) in [5, 5.41) is 12.2. The average Bonchev–Trinajstić information content (AvgIpc) is 3.61. The molecule has 1 atom stereocenters. The number of nitrogens with one attached hydrogen (secondary N) is 1. The standard InChI is InChI=1S/C30H21F3N8O2S/c31-20-6-4-18(5-7-20)29-28(24-16-39(12-13-40(24)38-29)44(43)22-3-1-2-21(32)15-22)23-8-9-27-35-26(17-41(27)37-23)36-30(42)19-10-11-34-25(33)14-19/h1-11,14-15,17H,12-13,16H2,(H,36,42). The van der Waals surface area contributed by atoms with E-state index >= 15 is 0 Å². The van der Waals surface area contributed by atoms with Gasteiger partial charge in [0.25, 0.3) is 5.91 Å². The molecule has 0 fully saturated rings. The van der Waals surface area contributed by atoms with Crippen molar-refractivity contribution < 1.29 is 22.2 Å². The number of imidazole rings is 1. The maximum Gasteiger partial charge on any atom is 0.257 e. The fourth-order valence-electron chi connectivity index (χ4n) is 5.05. The number of benzene rings is 2. The van der Waals surface area contributed by atoms with Gasteiger partial charge in [-0.05, 0) is 60.7 Å². The van der Waals surface area contributed by atoms with Gasteiger partial charge in [-0.15, -0.1) is 0 Å². The van der Waals surface area contributed by atoms with Gasteiger partial charge in [0.1, 0.15) is 28.3 Å². The van der Waals surface area contributed by atoms with Crippen molar-refractivity contribution in [3.8, 4) is 22.5 Å². The number of carbonyl (C=O) groups is 1. The highest BCUT2D eigenvalue weighted by Gasteiger charge is 2.30. The Morgan fingerprint density at radius 2 is 1.75 bits per heavy atom. The summed E-state index contributed by atoms with van der Waals surface area (Å²) in [4.78, 5) is 20.8. The molecular weight excluding hydrogens is 593 g/mol. The van der Waals surface area contributed by atoms with Crippen LogP contribution < -0.4 is 5.32 Å². The maximum atomic E-state index is 13.9. The third kappa shape index (κ3) is 5.24. The van der Waals surface area contributed by atoms with Gasteiger partial charge in [-0.2, -0.15) is 14.6 Å². The molecule has 1 aliphatic heterocycles. The fraction of sp³-hybridized carbons (Fsp3) is 0.100. The van der Waals surface area contributed by atoms with E-state index in [-0.39, 0.29) is 17.9 Å². The van der Waals surface area contributed by atoms with Crippen LogP contribution in [0.1, 0.15) is 16.1 Å². The number of amides is 1. The summed E-state index contributed by atoms with van der Waals surface area (Å²) in [6, 6.07) is 17.5. The van der Waals surface area contributed by atoms with Crippen molar-refractivity contribution in [3.63, 3.8) is 0 Å². The fourth-order valence-corrected chi connectivity index (χ4v) is 6.24. The summed E-state index contributed by atoms with van der Waals surface area (Å²) in [5.74, 6) is -2.01. The summed E-state index contributed by atoms with van der Waals surface area (Å²) in [5.41, 5.74) is 3.60. The number of carbonyl (C=O) groups excluding carboxylic acids is 1. The van der Waals surface area contributed by atoms with Crippen LogP contribution in [0.4, 0.5) is 19.0 Å². The predicted molar refractivity (Wildman–Crippen MR) is 155 cm³/mol. The first-order valence-corrected chi connectivity index (χ1v) is 14.5. The number of fused-ring (bicyclic) bond motifs is 2. The molecule has 1 aliphatic rings. The SMILES string of the molecule is O=C(Nc1cn2nc(-c3c(-c4ccc(F)cc4)nn4c3CN(S(=O)c3cccc(F)c3)CC4)ccc2n1)c1ccnc(F)c1. The van der Waals surface area contributed by atoms with Crippen molar-refractivity contribution >= 4 is 28.4 Å². The third-order valence-electron chi connectivity index (χ3n) is 7.10. The van der Waals surface area contributed by atoms with Crippen LogP contribution in [0.25, 0.3) is 28.2 Å². The Labute approximate surface area is 250 Å². The third-order valence-corrected chi connectivity index (χ3v) is 8.54. The Morgan fingerprint density at radius 1 is 0.909 bits per heavy atom. The Morgan fingerprint density at radius 3 is 2.55 bits per heavy atom. The van der Waals surface area contributed by atoms with Gasteiger partial charge in [0.2, 0.25) is 5.95 Å². The molecule has 5 heterocycles. The number of halogens is 3. The monoisotopic (exact) mass is 614 g/mol. The molecule has 1 N–H and O–H groups in total. The number of rotatable bonds is 6. The smallest absolute Gasteiger partial charge is 0.257 e. The molecule has 4 aromatic heterocycles. The van der Waals surface area contributed by atoms with E-state index in [4.69, 9.17) is 10.2 Å². The molecule has 0 aliphatic carbocycles. The van der Waals surface area contributed by atoms with Gasteiger partial charge in [0.05, 0.1) is 41.1 Å². The highest BCUT2D eigenvalue weighted by atomic mass is 32.2. The van der Waals surface area contributed by atoms with Crippen molar-refractivity contribution in [2.24, 2.45) is 0 Å². The van der Waals surface area contributed by atoms with Crippen LogP contribution in [-0.2, 0) is 24.1 Å². The number of aromatic nitrogens is 6. The number of hydrogen-bond acceptors (Lipinski definition) is 6. The lowest BCUT2D eigenvalue weighted by molar-refractivity contribution is 0.102. The molecule has 0 saturated heterocycles. The van der Waals surface area contributed by atoms with Gasteiger partial charge in [0.15, 0.2) is 11.5 Å². The average molecular weight is 615 g/mol. The van der Waals surface area contributed by atoms with Gasteiger partial charge in [-0.3, -0.25) is 9.48 Å². The van der Waals surface area contributed by atoms with E-state index in [1.54, 1.807) is 34.6 Å². The highest BCUT2D eigenvalue weighted by Crippen LogP contribution is 2.36. The molecule has 0 bridgehead atoms. The van der Waals surface area contributed by atoms with E-state index in [2.05, 4.69) is 15.3 Å². The van der Waals surface area contributed by atoms with Crippen molar-refractivity contribution in [2.45, 2.75) is 18.0 Å². The van der Waals surface area contributed by atoms with E-state index < -0.39 is 34.5 Å². The zero-order valence-electron chi connectivity index (χ0n) is 22.7. The summed E-state index contributed by atoms with van der Waals surface area (Å²) >= 11 is 0. The number of hydrogen-bond donors (Lipinski definition) is 1. The molecule has 0 radical (unpaired) electrons. The van der Waals surface area contributed by atoms with E-state index in [9.17, 15) is 22.2 Å². The number of nitrogens with zero attached hydrogens (tertiary/aromatic N) is 7. The highest BCUT2D eigenvalue weighted by molar-refractivity contribution is 7.82. The van der Waals surface area contributed by atoms with Crippen LogP contribution >= 0.6 is 0 Å². The van der Waals surface area contributed by atoms with Crippen LogP contribution in [0.5, 0.6) is 0 Å². The zero-order chi connectivity index (χ0) is 30.4. The zero-order valence-corrected chi connectivity index (χ0v) is 23.5. The first-order chi connectivity index (χ1) is 21.3. The normalized spacial score (nSPS) is 14.0. The lowest BCUT2D eigenvalue weighted by Crippen LogP contribution is -2.35. The van der Waals surface area contributed by atoms with Gasteiger partial charge in [-0.1, -0.05) is 6.07 Å². The van der Waals surface area contributed by atoms with E-state index in [0.717, 1.165) is 11.8 Å². The van der Waals surface area contributed by atoms with E-state index in [1.807, 2.05) is 4.68 Å². The minimum atomic E-state index is -1.63. The molecule has 220 valence electrons. The molecule has 10 nitrogen and oxygen atoms in total. The molecule has 6 aromatic rings. The summed E-state index contributed by atoms with van der Waals surface area (Å²) in [6.07, 6.45) is 2.72. The molecular formula is C30H21F3N8O2S. The number of anilines is 1. The second-order valence-electron chi connectivity index (χ2n) is 9.94. The number of pyridine rings is 1. The lowest BCUT2D eigenvalue weighted by Gasteiger charge is -2.27. The van der Waals surface area contributed by atoms with E-state index in [1.165, 1.54) is 53.3 Å². The Hall–Kier alpha value is -5.21. The Balaban J connectivity index is 1.27. The van der Waals surface area contributed by atoms with Crippen LogP contribution in [0.3, 0.4) is 0 Å². The Kier molecular flexibility index (Phi) is 6.98. The minimum Gasteiger partial charge on any atom is -0.305 e. The van der Waals surface area contributed by atoms with E-state index in [0.29, 0.717) is 46.1 Å². The van der Waals surface area contributed by atoms with Crippen LogP contribution in [0.2, 0.25) is 0 Å². The maximum absolute atomic E-state index is 13.9. The van der Waals surface area contributed by atoms with Crippen molar-refractivity contribution in [1.29, 1.82) is 0 Å². The molecule has 1 amide bonds. The van der Waals surface area contributed by atoms with Gasteiger partial charge >= 0.3 is 0 Å². The minimum absolute atomic E-state index is 0.0823. The van der Waals surface area contributed by atoms with Gasteiger partial charge < -0.3 is 5.32 Å². The molecule has 14 heteroatoms. The summed E-state index contributed by atoms with van der Waals surface area (Å²) in [6.45, 7) is 1.03. The van der Waals surface area contributed by atoms with Crippen LogP contribution in [0, 0.1) is 17.6 Å². The lowest BCUT2D eigenvalue weighted by atomic mass is 10.0. The molecule has 1 unspecified atom stereocenters. The predicted octanol–water partition coefficient (Wildman–Crippen LogP) is 4.86. The Bertz CT molecular complexity index is 2080. The van der Waals surface area contributed by atoms with Crippen LogP contribution in [0.15, 0.2) is 90.1 Å². The van der Waals surface area contributed by atoms with Gasteiger partial charge in [0, 0.05) is 29.9 Å². The van der Waals surface area contributed by atoms with Gasteiger partial charge in [-0.25, -0.2) is 31.8 Å². The van der Waals surface area contributed by atoms with Crippen molar-refractivity contribution in [3.05, 3.63) is 114 Å². The van der Waals surface area contributed by atoms with Crippen molar-refractivity contribution in [2.75, 3.05) is 11.9 Å². The largest absolute Gasteiger partial charge is 0.305 e. The summed E-state index contributed by atoms with van der Waals surface area (Å²) in [7, 11) is -1.63. The van der Waals surface area contributed by atoms with Crippen LogP contribution in [-0.4, -0.2) is 50.3 Å².